The molecule has 1 aliphatic rings. The zero-order valence-electron chi connectivity index (χ0n) is 9.79. The summed E-state index contributed by atoms with van der Waals surface area (Å²) >= 11 is 0. The maximum atomic E-state index is 5.90. The largest absolute Gasteiger partial charge is 0.399 e. The molecule has 1 heteroatoms. The highest BCUT2D eigenvalue weighted by atomic mass is 14.5. The zero-order chi connectivity index (χ0) is 10.8. The molecule has 0 bridgehead atoms. The molecule has 0 saturated heterocycles. The van der Waals surface area contributed by atoms with Crippen LogP contribution >= 0.6 is 0 Å². The number of aryl methyl sites for hydroxylation is 1. The number of rotatable bonds is 1. The van der Waals surface area contributed by atoms with E-state index < -0.39 is 0 Å². The summed E-state index contributed by atoms with van der Waals surface area (Å²) in [5.74, 6) is 1.63. The molecule has 1 aromatic carbocycles. The Morgan fingerprint density at radius 3 is 2.67 bits per heavy atom. The predicted octanol–water partition coefficient (Wildman–Crippen LogP) is 3.87. The van der Waals surface area contributed by atoms with E-state index in [9.17, 15) is 0 Å². The van der Waals surface area contributed by atoms with Gasteiger partial charge in [-0.05, 0) is 54.9 Å². The Hall–Kier alpha value is -0.980. The minimum atomic E-state index is 0.746. The molecule has 2 atom stereocenters. The quantitative estimate of drug-likeness (QED) is 0.689. The molecule has 82 valence electrons. The van der Waals surface area contributed by atoms with E-state index in [1.807, 2.05) is 0 Å². The number of benzene rings is 1. The third-order valence-electron chi connectivity index (χ3n) is 3.53. The molecule has 0 radical (unpaired) electrons. The van der Waals surface area contributed by atoms with Crippen molar-refractivity contribution in [3.05, 3.63) is 29.3 Å². The molecule has 0 unspecified atom stereocenters. The van der Waals surface area contributed by atoms with E-state index in [-0.39, 0.29) is 0 Å². The molecule has 1 saturated carbocycles. The normalized spacial score (nSPS) is 26.5. The highest BCUT2D eigenvalue weighted by Crippen LogP contribution is 2.36. The van der Waals surface area contributed by atoms with Crippen LogP contribution in [0.25, 0.3) is 0 Å². The average Bonchev–Trinajstić information content (AvgIpc) is 2.16. The third-order valence-corrected chi connectivity index (χ3v) is 3.53. The second kappa shape index (κ2) is 4.26. The fraction of sp³-hybridized carbons (Fsp3) is 0.571. The van der Waals surface area contributed by atoms with Crippen molar-refractivity contribution in [1.82, 2.24) is 0 Å². The molecule has 1 aromatic rings. The number of nitrogen functional groups attached to an aromatic ring is 1. The number of anilines is 1. The summed E-state index contributed by atoms with van der Waals surface area (Å²) in [5.41, 5.74) is 9.57. The topological polar surface area (TPSA) is 26.0 Å². The van der Waals surface area contributed by atoms with Gasteiger partial charge in [0.1, 0.15) is 0 Å². The Kier molecular flexibility index (Phi) is 2.99. The van der Waals surface area contributed by atoms with Gasteiger partial charge >= 0.3 is 0 Å². The van der Waals surface area contributed by atoms with Crippen molar-refractivity contribution in [3.8, 4) is 0 Å². The molecular weight excluding hydrogens is 182 g/mol. The fourth-order valence-corrected chi connectivity index (χ4v) is 2.82. The van der Waals surface area contributed by atoms with Crippen LogP contribution in [-0.2, 0) is 0 Å². The first-order chi connectivity index (χ1) is 7.15. The number of hydrogen-bond donors (Lipinski definition) is 1. The van der Waals surface area contributed by atoms with E-state index in [1.54, 1.807) is 0 Å². The van der Waals surface area contributed by atoms with Gasteiger partial charge in [0, 0.05) is 5.69 Å². The van der Waals surface area contributed by atoms with Crippen LogP contribution < -0.4 is 5.73 Å². The summed E-state index contributed by atoms with van der Waals surface area (Å²) in [6.45, 7) is 4.50. The minimum absolute atomic E-state index is 0.746. The Morgan fingerprint density at radius 2 is 2.00 bits per heavy atom. The van der Waals surface area contributed by atoms with Crippen molar-refractivity contribution in [2.75, 3.05) is 5.73 Å². The van der Waals surface area contributed by atoms with Crippen molar-refractivity contribution in [3.63, 3.8) is 0 Å². The standard InChI is InChI=1S/C14H21N/c1-10-4-3-5-12(6-10)13-7-11(2)8-14(15)9-13/h7-10,12H,3-6,15H2,1-2H3/t10-,12-/m1/s1. The lowest BCUT2D eigenvalue weighted by atomic mass is 9.78. The first-order valence-corrected chi connectivity index (χ1v) is 6.02. The van der Waals surface area contributed by atoms with Gasteiger partial charge in [0.05, 0.1) is 0 Å². The zero-order valence-corrected chi connectivity index (χ0v) is 9.79. The van der Waals surface area contributed by atoms with Crippen molar-refractivity contribution >= 4 is 5.69 Å². The monoisotopic (exact) mass is 203 g/mol. The van der Waals surface area contributed by atoms with Gasteiger partial charge in [-0.25, -0.2) is 0 Å². The highest BCUT2D eigenvalue weighted by Gasteiger charge is 2.20. The Balaban J connectivity index is 2.20. The third kappa shape index (κ3) is 2.53. The van der Waals surface area contributed by atoms with Crippen LogP contribution in [0.2, 0.25) is 0 Å². The lowest BCUT2D eigenvalue weighted by molar-refractivity contribution is 0.344. The van der Waals surface area contributed by atoms with Crippen LogP contribution in [-0.4, -0.2) is 0 Å². The van der Waals surface area contributed by atoms with Crippen molar-refractivity contribution < 1.29 is 0 Å². The van der Waals surface area contributed by atoms with Gasteiger partial charge in [-0.15, -0.1) is 0 Å². The molecule has 0 spiro atoms. The van der Waals surface area contributed by atoms with Crippen LogP contribution in [0.4, 0.5) is 5.69 Å². The van der Waals surface area contributed by atoms with Gasteiger partial charge in [-0.3, -0.25) is 0 Å². The molecule has 2 rings (SSSR count). The molecule has 0 aliphatic heterocycles. The van der Waals surface area contributed by atoms with Gasteiger partial charge in [0.2, 0.25) is 0 Å². The van der Waals surface area contributed by atoms with Gasteiger partial charge in [0.15, 0.2) is 0 Å². The van der Waals surface area contributed by atoms with E-state index >= 15 is 0 Å². The second-order valence-electron chi connectivity index (χ2n) is 5.15. The Labute approximate surface area is 92.7 Å². The molecule has 0 heterocycles. The number of hydrogen-bond acceptors (Lipinski definition) is 1. The summed E-state index contributed by atoms with van der Waals surface area (Å²) < 4.78 is 0. The van der Waals surface area contributed by atoms with Gasteiger partial charge < -0.3 is 5.73 Å². The summed E-state index contributed by atoms with van der Waals surface area (Å²) in [6.07, 6.45) is 5.45. The van der Waals surface area contributed by atoms with Crippen LogP contribution in [0.3, 0.4) is 0 Å². The second-order valence-corrected chi connectivity index (χ2v) is 5.15. The Morgan fingerprint density at radius 1 is 1.20 bits per heavy atom. The van der Waals surface area contributed by atoms with Crippen LogP contribution in [0, 0.1) is 12.8 Å². The average molecular weight is 203 g/mol. The van der Waals surface area contributed by atoms with E-state index in [0.29, 0.717) is 0 Å². The maximum absolute atomic E-state index is 5.90. The smallest absolute Gasteiger partial charge is 0.0319 e. The molecule has 0 amide bonds. The molecule has 15 heavy (non-hydrogen) atoms. The Bertz CT molecular complexity index is 323. The summed E-state index contributed by atoms with van der Waals surface area (Å²) in [6, 6.07) is 6.52. The molecule has 1 nitrogen and oxygen atoms in total. The van der Waals surface area contributed by atoms with E-state index in [1.165, 1.54) is 36.8 Å². The van der Waals surface area contributed by atoms with Crippen LogP contribution in [0.5, 0.6) is 0 Å². The summed E-state index contributed by atoms with van der Waals surface area (Å²) in [4.78, 5) is 0. The van der Waals surface area contributed by atoms with E-state index in [0.717, 1.165) is 17.5 Å². The number of nitrogens with two attached hydrogens (primary N) is 1. The maximum Gasteiger partial charge on any atom is 0.0319 e. The first-order valence-electron chi connectivity index (χ1n) is 6.02. The van der Waals surface area contributed by atoms with Crippen molar-refractivity contribution in [2.24, 2.45) is 5.92 Å². The van der Waals surface area contributed by atoms with E-state index in [2.05, 4.69) is 32.0 Å². The van der Waals surface area contributed by atoms with Gasteiger partial charge in [-0.1, -0.05) is 25.8 Å². The molecule has 2 N–H and O–H groups in total. The predicted molar refractivity (Wildman–Crippen MR) is 66.0 cm³/mol. The van der Waals surface area contributed by atoms with Crippen molar-refractivity contribution in [2.45, 2.75) is 45.4 Å². The molecular formula is C14H21N. The molecule has 1 fully saturated rings. The summed E-state index contributed by atoms with van der Waals surface area (Å²) in [5, 5.41) is 0. The highest BCUT2D eigenvalue weighted by molar-refractivity contribution is 5.45. The minimum Gasteiger partial charge on any atom is -0.399 e. The van der Waals surface area contributed by atoms with Crippen LogP contribution in [0.15, 0.2) is 18.2 Å². The SMILES string of the molecule is Cc1cc(N)cc([C@@H]2CCC[C@@H](C)C2)c1. The van der Waals surface area contributed by atoms with E-state index in [4.69, 9.17) is 5.73 Å². The van der Waals surface area contributed by atoms with Crippen LogP contribution in [0.1, 0.15) is 49.7 Å². The fourth-order valence-electron chi connectivity index (χ4n) is 2.82. The lowest BCUT2D eigenvalue weighted by Crippen LogP contribution is -2.12. The molecule has 0 aromatic heterocycles. The lowest BCUT2D eigenvalue weighted by Gasteiger charge is -2.27. The van der Waals surface area contributed by atoms with Crippen molar-refractivity contribution in [1.29, 1.82) is 0 Å². The first kappa shape index (κ1) is 10.5. The summed E-state index contributed by atoms with van der Waals surface area (Å²) in [7, 11) is 0. The van der Waals surface area contributed by atoms with Gasteiger partial charge in [-0.2, -0.15) is 0 Å². The molecule has 1 aliphatic carbocycles. The van der Waals surface area contributed by atoms with Gasteiger partial charge in [0.25, 0.3) is 0 Å².